The number of aromatic amines is 1. The number of halogens is 1. The van der Waals surface area contributed by atoms with Crippen LogP contribution >= 0.6 is 22.6 Å². The first-order valence-corrected chi connectivity index (χ1v) is 8.97. The second-order valence-corrected chi connectivity index (χ2v) is 6.98. The number of rotatable bonds is 7. The summed E-state index contributed by atoms with van der Waals surface area (Å²) in [7, 11) is 0. The molecule has 0 atom stereocenters. The van der Waals surface area contributed by atoms with Gasteiger partial charge in [-0.3, -0.25) is 4.90 Å². The van der Waals surface area contributed by atoms with Crippen LogP contribution in [0.4, 0.5) is 0 Å². The maximum Gasteiger partial charge on any atom is 0.0558 e. The van der Waals surface area contributed by atoms with Gasteiger partial charge < -0.3 is 10.1 Å². The third-order valence-corrected chi connectivity index (χ3v) is 4.83. The Labute approximate surface area is 150 Å². The van der Waals surface area contributed by atoms with Crippen LogP contribution in [0.3, 0.4) is 0 Å². The molecule has 120 valence electrons. The zero-order valence-electron chi connectivity index (χ0n) is 13.0. The quantitative estimate of drug-likeness (QED) is 0.571. The molecule has 0 aliphatic heterocycles. The number of para-hydroxylation sites is 1. The molecule has 3 aromatic rings. The minimum absolute atomic E-state index is 0.193. The van der Waals surface area contributed by atoms with Crippen molar-refractivity contribution in [3.8, 4) is 0 Å². The number of nitrogens with zero attached hydrogens (tertiary/aromatic N) is 1. The molecule has 2 N–H and O–H groups in total. The van der Waals surface area contributed by atoms with Gasteiger partial charge in [-0.1, -0.05) is 30.3 Å². The van der Waals surface area contributed by atoms with E-state index in [4.69, 9.17) is 0 Å². The first kappa shape index (κ1) is 16.5. The SMILES string of the molecule is OCCN(CCc1c[nH]c2ccccc12)Cc1ccc(I)cc1. The van der Waals surface area contributed by atoms with Gasteiger partial charge in [0.25, 0.3) is 0 Å². The van der Waals surface area contributed by atoms with Gasteiger partial charge in [-0.15, -0.1) is 0 Å². The average Bonchev–Trinajstić information content (AvgIpc) is 2.98. The minimum Gasteiger partial charge on any atom is -0.395 e. The molecule has 0 aliphatic rings. The molecule has 0 saturated heterocycles. The van der Waals surface area contributed by atoms with Gasteiger partial charge >= 0.3 is 0 Å². The van der Waals surface area contributed by atoms with E-state index in [9.17, 15) is 5.11 Å². The van der Waals surface area contributed by atoms with Crippen LogP contribution in [-0.4, -0.2) is 34.7 Å². The molecule has 0 spiro atoms. The van der Waals surface area contributed by atoms with Crippen LogP contribution in [0.5, 0.6) is 0 Å². The fraction of sp³-hybridized carbons (Fsp3) is 0.263. The minimum atomic E-state index is 0.193. The highest BCUT2D eigenvalue weighted by Crippen LogP contribution is 2.18. The van der Waals surface area contributed by atoms with Crippen LogP contribution in [0.15, 0.2) is 54.7 Å². The average molecular weight is 420 g/mol. The van der Waals surface area contributed by atoms with E-state index in [1.165, 1.54) is 25.6 Å². The van der Waals surface area contributed by atoms with Crippen molar-refractivity contribution in [2.45, 2.75) is 13.0 Å². The Hall–Kier alpha value is -1.37. The third kappa shape index (κ3) is 4.34. The highest BCUT2D eigenvalue weighted by Gasteiger charge is 2.08. The number of aromatic nitrogens is 1. The fourth-order valence-electron chi connectivity index (χ4n) is 2.88. The number of hydrogen-bond donors (Lipinski definition) is 2. The van der Waals surface area contributed by atoms with Crippen molar-refractivity contribution >= 4 is 33.5 Å². The van der Waals surface area contributed by atoms with Crippen molar-refractivity contribution in [1.29, 1.82) is 0 Å². The molecule has 23 heavy (non-hydrogen) atoms. The monoisotopic (exact) mass is 420 g/mol. The van der Waals surface area contributed by atoms with Crippen LogP contribution in [0.25, 0.3) is 10.9 Å². The van der Waals surface area contributed by atoms with Gasteiger partial charge in [-0.05, 0) is 58.3 Å². The number of aliphatic hydroxyl groups excluding tert-OH is 1. The molecule has 0 aliphatic carbocycles. The predicted molar refractivity (Wildman–Crippen MR) is 104 cm³/mol. The summed E-state index contributed by atoms with van der Waals surface area (Å²) >= 11 is 2.32. The maximum atomic E-state index is 9.34. The normalized spacial score (nSPS) is 11.4. The summed E-state index contributed by atoms with van der Waals surface area (Å²) in [6.07, 6.45) is 3.08. The molecule has 0 unspecified atom stereocenters. The molecule has 0 amide bonds. The van der Waals surface area contributed by atoms with Gasteiger partial charge in [0, 0.05) is 40.3 Å². The number of aliphatic hydroxyl groups is 1. The van der Waals surface area contributed by atoms with Crippen molar-refractivity contribution in [1.82, 2.24) is 9.88 Å². The first-order valence-electron chi connectivity index (χ1n) is 7.89. The van der Waals surface area contributed by atoms with E-state index in [-0.39, 0.29) is 6.61 Å². The fourth-order valence-corrected chi connectivity index (χ4v) is 3.24. The summed E-state index contributed by atoms with van der Waals surface area (Å²) in [6, 6.07) is 17.0. The zero-order valence-corrected chi connectivity index (χ0v) is 15.2. The van der Waals surface area contributed by atoms with Gasteiger partial charge in [0.05, 0.1) is 6.61 Å². The maximum absolute atomic E-state index is 9.34. The molecule has 1 aromatic heterocycles. The van der Waals surface area contributed by atoms with E-state index in [0.717, 1.165) is 19.5 Å². The molecular weight excluding hydrogens is 399 g/mol. The summed E-state index contributed by atoms with van der Waals surface area (Å²) in [5.74, 6) is 0. The van der Waals surface area contributed by atoms with Crippen LogP contribution in [0.1, 0.15) is 11.1 Å². The molecule has 2 aromatic carbocycles. The van der Waals surface area contributed by atoms with E-state index < -0.39 is 0 Å². The summed E-state index contributed by atoms with van der Waals surface area (Å²) in [4.78, 5) is 5.64. The molecule has 0 saturated carbocycles. The van der Waals surface area contributed by atoms with Gasteiger partial charge in [0.15, 0.2) is 0 Å². The van der Waals surface area contributed by atoms with E-state index in [1.807, 2.05) is 0 Å². The van der Waals surface area contributed by atoms with E-state index in [0.29, 0.717) is 6.54 Å². The Kier molecular flexibility index (Phi) is 5.70. The predicted octanol–water partition coefficient (Wildman–Crippen LogP) is 3.81. The topological polar surface area (TPSA) is 39.3 Å². The number of hydrogen-bond acceptors (Lipinski definition) is 2. The van der Waals surface area contributed by atoms with Crippen molar-refractivity contribution in [2.24, 2.45) is 0 Å². The second-order valence-electron chi connectivity index (χ2n) is 5.74. The van der Waals surface area contributed by atoms with Crippen molar-refractivity contribution < 1.29 is 5.11 Å². The number of nitrogens with one attached hydrogen (secondary N) is 1. The van der Waals surface area contributed by atoms with Gasteiger partial charge in [0.1, 0.15) is 0 Å². The molecule has 1 heterocycles. The largest absolute Gasteiger partial charge is 0.395 e. The molecule has 0 radical (unpaired) electrons. The molecule has 3 nitrogen and oxygen atoms in total. The molecule has 3 rings (SSSR count). The summed E-state index contributed by atoms with van der Waals surface area (Å²) in [6.45, 7) is 2.71. The summed E-state index contributed by atoms with van der Waals surface area (Å²) in [5, 5.41) is 10.6. The van der Waals surface area contributed by atoms with Gasteiger partial charge in [-0.2, -0.15) is 0 Å². The smallest absolute Gasteiger partial charge is 0.0558 e. The number of fused-ring (bicyclic) bond motifs is 1. The van der Waals surface area contributed by atoms with Crippen molar-refractivity contribution in [2.75, 3.05) is 19.7 Å². The van der Waals surface area contributed by atoms with Gasteiger partial charge in [0.2, 0.25) is 0 Å². The van der Waals surface area contributed by atoms with E-state index in [2.05, 4.69) is 87.2 Å². The third-order valence-electron chi connectivity index (χ3n) is 4.11. The molecule has 0 fully saturated rings. The highest BCUT2D eigenvalue weighted by molar-refractivity contribution is 14.1. The second kappa shape index (κ2) is 7.95. The Morgan fingerprint density at radius 3 is 2.57 bits per heavy atom. The lowest BCUT2D eigenvalue weighted by atomic mass is 10.1. The first-order chi connectivity index (χ1) is 11.3. The van der Waals surface area contributed by atoms with E-state index >= 15 is 0 Å². The Morgan fingerprint density at radius 2 is 1.78 bits per heavy atom. The van der Waals surface area contributed by atoms with Gasteiger partial charge in [-0.25, -0.2) is 0 Å². The Balaban J connectivity index is 1.66. The standard InChI is InChI=1S/C19H21IN2O/c20-17-7-5-15(6-8-17)14-22(11-12-23)10-9-16-13-21-19-4-2-1-3-18(16)19/h1-8,13,21,23H,9-12,14H2. The molecule has 4 heteroatoms. The van der Waals surface area contributed by atoms with Crippen LogP contribution < -0.4 is 0 Å². The summed E-state index contributed by atoms with van der Waals surface area (Å²) in [5.41, 5.74) is 3.82. The van der Waals surface area contributed by atoms with E-state index in [1.54, 1.807) is 0 Å². The number of H-pyrrole nitrogens is 1. The number of benzene rings is 2. The van der Waals surface area contributed by atoms with Crippen molar-refractivity contribution in [3.05, 3.63) is 69.4 Å². The lowest BCUT2D eigenvalue weighted by Crippen LogP contribution is -2.28. The molecular formula is C19H21IN2O. The molecule has 0 bridgehead atoms. The van der Waals surface area contributed by atoms with Crippen molar-refractivity contribution in [3.63, 3.8) is 0 Å². The Bertz CT molecular complexity index is 751. The summed E-state index contributed by atoms with van der Waals surface area (Å²) < 4.78 is 1.25. The Morgan fingerprint density at radius 1 is 1.00 bits per heavy atom. The van der Waals surface area contributed by atoms with Crippen LogP contribution in [0.2, 0.25) is 0 Å². The lowest BCUT2D eigenvalue weighted by Gasteiger charge is -2.21. The lowest BCUT2D eigenvalue weighted by molar-refractivity contribution is 0.192. The van der Waals surface area contributed by atoms with Crippen LogP contribution in [-0.2, 0) is 13.0 Å². The zero-order chi connectivity index (χ0) is 16.1. The van der Waals surface area contributed by atoms with Crippen LogP contribution in [0, 0.1) is 3.57 Å². The highest BCUT2D eigenvalue weighted by atomic mass is 127.